The number of esters is 1. The fraction of sp³-hybridized carbons (Fsp3) is 0.478. The van der Waals surface area contributed by atoms with E-state index in [1.807, 2.05) is 12.1 Å². The van der Waals surface area contributed by atoms with Gasteiger partial charge in [0, 0.05) is 20.5 Å². The minimum Gasteiger partial charge on any atom is -0.467 e. The van der Waals surface area contributed by atoms with Gasteiger partial charge >= 0.3 is 10.8 Å². The smallest absolute Gasteiger partial charge is 0.328 e. The van der Waals surface area contributed by atoms with Crippen molar-refractivity contribution in [3.05, 3.63) is 48.8 Å². The number of hydrogen-bond acceptors (Lipinski definition) is 7. The van der Waals surface area contributed by atoms with Gasteiger partial charge in [0.1, 0.15) is 6.04 Å². The number of aromatic nitrogens is 1. The van der Waals surface area contributed by atoms with E-state index in [1.165, 1.54) is 18.4 Å². The average Bonchev–Trinajstić information content (AvgIpc) is 3.51. The van der Waals surface area contributed by atoms with E-state index >= 15 is 0 Å². The van der Waals surface area contributed by atoms with Crippen molar-refractivity contribution in [2.45, 2.75) is 35.6 Å². The van der Waals surface area contributed by atoms with E-state index in [0.29, 0.717) is 0 Å². The van der Waals surface area contributed by atoms with Gasteiger partial charge in [0.15, 0.2) is 0 Å². The third kappa shape index (κ3) is 2.93. The molecule has 1 N–H and O–H groups in total. The molecular formula is C23H21BrN2O5S2. The second-order valence-corrected chi connectivity index (χ2v) is 12.4. The highest BCUT2D eigenvalue weighted by atomic mass is 79.9. The van der Waals surface area contributed by atoms with Gasteiger partial charge in [-0.05, 0) is 48.8 Å². The summed E-state index contributed by atoms with van der Waals surface area (Å²) in [7, 11) is 1.27. The predicted molar refractivity (Wildman–Crippen MR) is 126 cm³/mol. The summed E-state index contributed by atoms with van der Waals surface area (Å²) in [5, 5.41) is 1.01. The molecule has 2 aliphatic carbocycles. The van der Waals surface area contributed by atoms with Crippen LogP contribution in [0.25, 0.3) is 0 Å². The summed E-state index contributed by atoms with van der Waals surface area (Å²) < 4.78 is 5.77. The number of fused-ring (bicyclic) bond motifs is 9. The van der Waals surface area contributed by atoms with E-state index in [4.69, 9.17) is 4.74 Å². The number of hydrogen-bond donors (Lipinski definition) is 1. The molecule has 2 bridgehead atoms. The molecule has 7 nitrogen and oxygen atoms in total. The van der Waals surface area contributed by atoms with E-state index in [-0.39, 0.29) is 45.6 Å². The van der Waals surface area contributed by atoms with Crippen molar-refractivity contribution in [2.24, 2.45) is 29.6 Å². The zero-order valence-corrected chi connectivity index (χ0v) is 21.0. The molecule has 172 valence electrons. The molecule has 0 spiro atoms. The molecule has 2 amide bonds. The number of amides is 2. The summed E-state index contributed by atoms with van der Waals surface area (Å²) in [6.07, 6.45) is 0.819. The van der Waals surface area contributed by atoms with Crippen molar-refractivity contribution in [1.29, 1.82) is 0 Å². The molecule has 2 aliphatic heterocycles. The zero-order valence-electron chi connectivity index (χ0n) is 17.8. The number of H-pyrrole nitrogens is 1. The summed E-state index contributed by atoms with van der Waals surface area (Å²) in [4.78, 5) is 56.4. The molecule has 1 saturated heterocycles. The Bertz CT molecular complexity index is 1260. The molecule has 2 saturated carbocycles. The predicted octanol–water partition coefficient (Wildman–Crippen LogP) is 3.23. The minimum atomic E-state index is -0.923. The van der Waals surface area contributed by atoms with Crippen LogP contribution in [-0.4, -0.2) is 46.1 Å². The number of benzene rings is 1. The quantitative estimate of drug-likeness (QED) is 0.467. The first-order valence-electron chi connectivity index (χ1n) is 10.9. The number of carbonyl (C=O) groups is 3. The number of rotatable bonds is 3. The third-order valence-electron chi connectivity index (χ3n) is 7.90. The number of methoxy groups -OCH3 is 1. The van der Waals surface area contributed by atoms with Gasteiger partial charge in [-0.15, -0.1) is 11.8 Å². The topological polar surface area (TPSA) is 96.5 Å². The van der Waals surface area contributed by atoms with Crippen LogP contribution in [-0.2, 0) is 19.1 Å². The van der Waals surface area contributed by atoms with Crippen LogP contribution in [0.5, 0.6) is 0 Å². The van der Waals surface area contributed by atoms with E-state index in [1.54, 1.807) is 18.7 Å². The van der Waals surface area contributed by atoms with Crippen LogP contribution in [0.2, 0.25) is 0 Å². The molecule has 0 radical (unpaired) electrons. The monoisotopic (exact) mass is 548 g/mol. The molecule has 6 rings (SSSR count). The van der Waals surface area contributed by atoms with Crippen molar-refractivity contribution in [1.82, 2.24) is 9.88 Å². The molecule has 1 aromatic carbocycles. The first kappa shape index (κ1) is 21.6. The Balaban J connectivity index is 1.44. The van der Waals surface area contributed by atoms with Crippen molar-refractivity contribution >= 4 is 56.8 Å². The Kier molecular flexibility index (Phi) is 4.94. The van der Waals surface area contributed by atoms with Gasteiger partial charge in [-0.1, -0.05) is 39.4 Å². The van der Waals surface area contributed by atoms with Crippen LogP contribution in [0.15, 0.2) is 38.6 Å². The molecule has 3 heterocycles. The fourth-order valence-corrected chi connectivity index (χ4v) is 10.1. The van der Waals surface area contributed by atoms with Crippen LogP contribution < -0.4 is 4.87 Å². The van der Waals surface area contributed by atoms with Crippen molar-refractivity contribution < 1.29 is 19.1 Å². The van der Waals surface area contributed by atoms with Crippen LogP contribution in [0, 0.1) is 29.6 Å². The van der Waals surface area contributed by atoms with E-state index in [9.17, 15) is 19.2 Å². The first-order chi connectivity index (χ1) is 15.8. The van der Waals surface area contributed by atoms with Gasteiger partial charge < -0.3 is 9.72 Å². The lowest BCUT2D eigenvalue weighted by atomic mass is 9.68. The number of halogens is 1. The lowest BCUT2D eigenvalue weighted by Crippen LogP contribution is -2.45. The number of carbonyl (C=O) groups excluding carboxylic acids is 3. The average molecular weight is 549 g/mol. The Labute approximate surface area is 206 Å². The molecule has 2 aromatic rings. The van der Waals surface area contributed by atoms with Crippen molar-refractivity contribution in [3.8, 4) is 0 Å². The maximum absolute atomic E-state index is 13.5. The van der Waals surface area contributed by atoms with Gasteiger partial charge in [-0.25, -0.2) is 4.79 Å². The standard InChI is InChI=1S/C23H21BrN2O5S2/c1-8(22(29)31-2)26-20(27)15-11-7-12(16(15)21(26)28)17-14(11)13(9-4-3-5-10(24)6-9)18-19(32-17)25-23(30)33-18/h3-6,8,11-17H,7H2,1-2H3,(H,25,30). The zero-order chi connectivity index (χ0) is 23.2. The number of thiazole rings is 1. The molecule has 3 fully saturated rings. The van der Waals surface area contributed by atoms with Crippen LogP contribution in [0.3, 0.4) is 0 Å². The maximum Gasteiger partial charge on any atom is 0.328 e. The van der Waals surface area contributed by atoms with Crippen molar-refractivity contribution in [2.75, 3.05) is 7.11 Å². The fourth-order valence-electron chi connectivity index (χ4n) is 6.77. The van der Waals surface area contributed by atoms with Crippen LogP contribution >= 0.6 is 39.0 Å². The molecule has 33 heavy (non-hydrogen) atoms. The highest BCUT2D eigenvalue weighted by Crippen LogP contribution is 2.68. The van der Waals surface area contributed by atoms with Crippen LogP contribution in [0.4, 0.5) is 0 Å². The summed E-state index contributed by atoms with van der Waals surface area (Å²) in [5.74, 6) is -1.72. The molecule has 4 aliphatic rings. The number of likely N-dealkylation sites (tertiary alicyclic amines) is 1. The first-order valence-corrected chi connectivity index (χ1v) is 13.4. The molecule has 10 heteroatoms. The largest absolute Gasteiger partial charge is 0.467 e. The summed E-state index contributed by atoms with van der Waals surface area (Å²) in [6.45, 7) is 1.55. The number of thioether (sulfide) groups is 1. The van der Waals surface area contributed by atoms with E-state index < -0.39 is 23.8 Å². The maximum atomic E-state index is 13.5. The summed E-state index contributed by atoms with van der Waals surface area (Å²) >= 11 is 6.47. The molecule has 8 unspecified atom stereocenters. The van der Waals surface area contributed by atoms with Gasteiger partial charge in [0.2, 0.25) is 11.8 Å². The van der Waals surface area contributed by atoms with Gasteiger partial charge in [-0.2, -0.15) is 0 Å². The van der Waals surface area contributed by atoms with E-state index in [0.717, 1.165) is 31.3 Å². The normalized spacial score (nSPS) is 34.8. The second kappa shape index (κ2) is 7.55. The Morgan fingerprint density at radius 1 is 1.21 bits per heavy atom. The second-order valence-electron chi connectivity index (χ2n) is 9.26. The SMILES string of the molecule is COC(=O)C(C)N1C(=O)C2C3CC(C2C1=O)C1C(c2cccc(Br)c2)c2sc(=O)[nH]c2SC31. The highest BCUT2D eigenvalue weighted by molar-refractivity contribution is 9.10. The van der Waals surface area contributed by atoms with Gasteiger partial charge in [0.25, 0.3) is 0 Å². The number of imide groups is 1. The number of nitrogens with one attached hydrogen (secondary N) is 1. The molecule has 1 aromatic heterocycles. The van der Waals surface area contributed by atoms with Crippen LogP contribution in [0.1, 0.15) is 29.7 Å². The lowest BCUT2D eigenvalue weighted by Gasteiger charge is -2.43. The summed E-state index contributed by atoms with van der Waals surface area (Å²) in [5.41, 5.74) is 1.11. The number of ether oxygens (including phenoxy) is 1. The Hall–Kier alpha value is -1.91. The molecular weight excluding hydrogens is 528 g/mol. The lowest BCUT2D eigenvalue weighted by molar-refractivity contribution is -0.156. The van der Waals surface area contributed by atoms with Crippen molar-refractivity contribution in [3.63, 3.8) is 0 Å². The van der Waals surface area contributed by atoms with Gasteiger partial charge in [0.05, 0.1) is 24.0 Å². The Morgan fingerprint density at radius 3 is 2.64 bits per heavy atom. The number of nitrogens with zero attached hydrogens (tertiary/aromatic N) is 1. The third-order valence-corrected chi connectivity index (χ3v) is 11.0. The minimum absolute atomic E-state index is 0.0152. The number of aromatic amines is 1. The van der Waals surface area contributed by atoms with E-state index in [2.05, 4.69) is 33.0 Å². The highest BCUT2D eigenvalue weighted by Gasteiger charge is 2.70. The molecule has 8 atom stereocenters. The Morgan fingerprint density at radius 2 is 1.94 bits per heavy atom. The van der Waals surface area contributed by atoms with Gasteiger partial charge in [-0.3, -0.25) is 19.3 Å². The summed E-state index contributed by atoms with van der Waals surface area (Å²) in [6, 6.07) is 7.20.